The van der Waals surface area contributed by atoms with Crippen LogP contribution in [-0.4, -0.2) is 40.9 Å². The normalized spacial score (nSPS) is 13.8. The lowest BCUT2D eigenvalue weighted by Crippen LogP contribution is -2.36. The number of nitrogens with zero attached hydrogens (tertiary/aromatic N) is 1. The Hall–Kier alpha value is -3.15. The zero-order valence-electron chi connectivity index (χ0n) is 15.7. The van der Waals surface area contributed by atoms with Gasteiger partial charge in [-0.2, -0.15) is 0 Å². The number of carbonyl (C=O) groups is 3. The number of carboxylic acids is 1. The van der Waals surface area contributed by atoms with Gasteiger partial charge in [0.1, 0.15) is 0 Å². The third-order valence-electron chi connectivity index (χ3n) is 4.92. The summed E-state index contributed by atoms with van der Waals surface area (Å²) in [5, 5.41) is 11.8. The first-order chi connectivity index (χ1) is 13.5. The molecule has 0 aromatic heterocycles. The zero-order chi connectivity index (χ0) is 19.9. The number of hydrogen-bond acceptors (Lipinski definition) is 3. The van der Waals surface area contributed by atoms with E-state index in [1.807, 2.05) is 4.90 Å². The lowest BCUT2D eigenvalue weighted by Gasteiger charge is -2.27. The molecule has 0 radical (unpaired) electrons. The maximum absolute atomic E-state index is 12.8. The van der Waals surface area contributed by atoms with Gasteiger partial charge < -0.3 is 15.3 Å². The van der Waals surface area contributed by atoms with Crippen LogP contribution in [0.25, 0.3) is 0 Å². The van der Waals surface area contributed by atoms with Gasteiger partial charge in [0, 0.05) is 19.5 Å². The largest absolute Gasteiger partial charge is 0.478 e. The van der Waals surface area contributed by atoms with Gasteiger partial charge >= 0.3 is 5.97 Å². The van der Waals surface area contributed by atoms with Crippen LogP contribution in [0, 0.1) is 0 Å². The van der Waals surface area contributed by atoms with Crippen molar-refractivity contribution in [3.63, 3.8) is 0 Å². The minimum absolute atomic E-state index is 0.0418. The van der Waals surface area contributed by atoms with Crippen LogP contribution in [0.3, 0.4) is 0 Å². The van der Waals surface area contributed by atoms with Gasteiger partial charge in [-0.3, -0.25) is 9.59 Å². The summed E-state index contributed by atoms with van der Waals surface area (Å²) in [6, 6.07) is 13.6. The van der Waals surface area contributed by atoms with Gasteiger partial charge in [0.25, 0.3) is 5.91 Å². The van der Waals surface area contributed by atoms with Crippen molar-refractivity contribution in [2.24, 2.45) is 0 Å². The van der Waals surface area contributed by atoms with Crippen molar-refractivity contribution in [3.8, 4) is 0 Å². The van der Waals surface area contributed by atoms with E-state index in [0.29, 0.717) is 17.7 Å². The van der Waals surface area contributed by atoms with Gasteiger partial charge in [0.05, 0.1) is 16.8 Å². The Labute approximate surface area is 164 Å². The van der Waals surface area contributed by atoms with E-state index in [-0.39, 0.29) is 23.8 Å². The molecule has 0 aliphatic carbocycles. The first kappa shape index (κ1) is 19.6. The number of para-hydroxylation sites is 1. The van der Waals surface area contributed by atoms with Crippen molar-refractivity contribution >= 4 is 23.5 Å². The first-order valence-electron chi connectivity index (χ1n) is 9.55. The molecule has 6 nitrogen and oxygen atoms in total. The van der Waals surface area contributed by atoms with E-state index in [1.165, 1.54) is 12.1 Å². The fourth-order valence-electron chi connectivity index (χ4n) is 3.33. The highest BCUT2D eigenvalue weighted by Crippen LogP contribution is 2.20. The van der Waals surface area contributed by atoms with Crippen molar-refractivity contribution in [2.75, 3.05) is 18.4 Å². The Morgan fingerprint density at radius 2 is 1.61 bits per heavy atom. The zero-order valence-corrected chi connectivity index (χ0v) is 15.7. The standard InChI is InChI=1S/C22H24N2O4/c25-20(13-10-16-8-11-17(12-9-16)22(27)28)23-19-7-3-2-6-18(19)21(26)24-14-4-1-5-15-24/h2-3,6-9,11-12H,1,4-5,10,13-15H2,(H,23,25)(H,27,28). The number of nitrogens with one attached hydrogen (secondary N) is 1. The molecule has 2 amide bonds. The van der Waals surface area contributed by atoms with Crippen LogP contribution in [0.2, 0.25) is 0 Å². The Balaban J connectivity index is 1.61. The number of carbonyl (C=O) groups excluding carboxylic acids is 2. The second-order valence-electron chi connectivity index (χ2n) is 6.95. The monoisotopic (exact) mass is 380 g/mol. The molecule has 28 heavy (non-hydrogen) atoms. The van der Waals surface area contributed by atoms with Gasteiger partial charge in [-0.1, -0.05) is 24.3 Å². The highest BCUT2D eigenvalue weighted by atomic mass is 16.4. The molecular weight excluding hydrogens is 356 g/mol. The molecule has 3 rings (SSSR count). The quantitative estimate of drug-likeness (QED) is 0.802. The molecule has 1 fully saturated rings. The molecular formula is C22H24N2O4. The summed E-state index contributed by atoms with van der Waals surface area (Å²) in [6.45, 7) is 1.51. The number of hydrogen-bond donors (Lipinski definition) is 2. The lowest BCUT2D eigenvalue weighted by atomic mass is 10.1. The highest BCUT2D eigenvalue weighted by Gasteiger charge is 2.21. The first-order valence-corrected chi connectivity index (χ1v) is 9.55. The molecule has 1 heterocycles. The molecule has 0 saturated carbocycles. The van der Waals surface area contributed by atoms with Crippen molar-refractivity contribution in [1.82, 2.24) is 4.90 Å². The minimum Gasteiger partial charge on any atom is -0.478 e. The van der Waals surface area contributed by atoms with Crippen molar-refractivity contribution in [1.29, 1.82) is 0 Å². The Kier molecular flexibility index (Phi) is 6.42. The third kappa shape index (κ3) is 4.97. The second kappa shape index (κ2) is 9.17. The van der Waals surface area contributed by atoms with Crippen LogP contribution in [0.1, 0.15) is 52.0 Å². The molecule has 1 saturated heterocycles. The van der Waals surface area contributed by atoms with Gasteiger partial charge in [-0.25, -0.2) is 4.79 Å². The summed E-state index contributed by atoms with van der Waals surface area (Å²) in [6.07, 6.45) is 3.92. The Morgan fingerprint density at radius 1 is 0.929 bits per heavy atom. The Morgan fingerprint density at radius 3 is 2.29 bits per heavy atom. The number of benzene rings is 2. The van der Waals surface area contributed by atoms with Crippen LogP contribution in [-0.2, 0) is 11.2 Å². The fraction of sp³-hybridized carbons (Fsp3) is 0.318. The van der Waals surface area contributed by atoms with Gasteiger partial charge in [0.2, 0.25) is 5.91 Å². The van der Waals surface area contributed by atoms with Crippen molar-refractivity contribution in [3.05, 3.63) is 65.2 Å². The molecule has 2 N–H and O–H groups in total. The van der Waals surface area contributed by atoms with Crippen LogP contribution in [0.4, 0.5) is 5.69 Å². The minimum atomic E-state index is -0.973. The lowest BCUT2D eigenvalue weighted by molar-refractivity contribution is -0.116. The van der Waals surface area contributed by atoms with E-state index in [0.717, 1.165) is 37.9 Å². The predicted molar refractivity (Wildman–Crippen MR) is 107 cm³/mol. The van der Waals surface area contributed by atoms with E-state index in [1.54, 1.807) is 36.4 Å². The molecule has 1 aliphatic rings. The van der Waals surface area contributed by atoms with Gasteiger partial charge in [0.15, 0.2) is 0 Å². The average molecular weight is 380 g/mol. The maximum atomic E-state index is 12.8. The maximum Gasteiger partial charge on any atom is 0.335 e. The van der Waals surface area contributed by atoms with Crippen LogP contribution >= 0.6 is 0 Å². The van der Waals surface area contributed by atoms with E-state index in [2.05, 4.69) is 5.32 Å². The smallest absolute Gasteiger partial charge is 0.335 e. The summed E-state index contributed by atoms with van der Waals surface area (Å²) in [4.78, 5) is 37.9. The number of piperidine rings is 1. The molecule has 2 aromatic rings. The predicted octanol–water partition coefficient (Wildman–Crippen LogP) is 3.58. The van der Waals surface area contributed by atoms with Crippen molar-refractivity contribution < 1.29 is 19.5 Å². The number of anilines is 1. The van der Waals surface area contributed by atoms with Crippen LogP contribution < -0.4 is 5.32 Å². The molecule has 0 spiro atoms. The summed E-state index contributed by atoms with van der Waals surface area (Å²) < 4.78 is 0. The topological polar surface area (TPSA) is 86.7 Å². The van der Waals surface area contributed by atoms with Gasteiger partial charge in [-0.15, -0.1) is 0 Å². The summed E-state index contributed by atoms with van der Waals surface area (Å²) in [7, 11) is 0. The van der Waals surface area contributed by atoms with E-state index in [9.17, 15) is 14.4 Å². The number of likely N-dealkylation sites (tertiary alicyclic amines) is 1. The van der Waals surface area contributed by atoms with E-state index in [4.69, 9.17) is 5.11 Å². The fourth-order valence-corrected chi connectivity index (χ4v) is 3.33. The molecule has 1 aliphatic heterocycles. The number of aromatic carboxylic acids is 1. The number of carboxylic acid groups (broad SMARTS) is 1. The second-order valence-corrected chi connectivity index (χ2v) is 6.95. The molecule has 0 unspecified atom stereocenters. The Bertz CT molecular complexity index is 855. The van der Waals surface area contributed by atoms with Crippen molar-refractivity contribution in [2.45, 2.75) is 32.1 Å². The van der Waals surface area contributed by atoms with Crippen LogP contribution in [0.5, 0.6) is 0 Å². The summed E-state index contributed by atoms with van der Waals surface area (Å²) in [5.74, 6) is -1.19. The van der Waals surface area contributed by atoms with E-state index < -0.39 is 5.97 Å². The summed E-state index contributed by atoms with van der Waals surface area (Å²) >= 11 is 0. The summed E-state index contributed by atoms with van der Waals surface area (Å²) in [5.41, 5.74) is 2.16. The molecule has 0 bridgehead atoms. The SMILES string of the molecule is O=C(CCc1ccc(C(=O)O)cc1)Nc1ccccc1C(=O)N1CCCCC1. The molecule has 6 heteroatoms. The highest BCUT2D eigenvalue weighted by molar-refractivity contribution is 6.03. The van der Waals surface area contributed by atoms with Crippen LogP contribution in [0.15, 0.2) is 48.5 Å². The number of aryl methyl sites for hydroxylation is 1. The van der Waals surface area contributed by atoms with Gasteiger partial charge in [-0.05, 0) is 55.5 Å². The average Bonchev–Trinajstić information content (AvgIpc) is 2.73. The molecule has 2 aromatic carbocycles. The third-order valence-corrected chi connectivity index (χ3v) is 4.92. The number of amides is 2. The number of rotatable bonds is 6. The van der Waals surface area contributed by atoms with E-state index >= 15 is 0 Å². The molecule has 0 atom stereocenters. The molecule has 146 valence electrons.